The first-order valence-electron chi connectivity index (χ1n) is 5.56. The van der Waals surface area contributed by atoms with Crippen molar-refractivity contribution in [1.29, 1.82) is 0 Å². The summed E-state index contributed by atoms with van der Waals surface area (Å²) in [5.41, 5.74) is 2.32. The fourth-order valence-electron chi connectivity index (χ4n) is 1.77. The maximum absolute atomic E-state index is 4.42. The van der Waals surface area contributed by atoms with Crippen molar-refractivity contribution in [3.8, 4) is 0 Å². The maximum atomic E-state index is 4.42. The normalized spacial score (nSPS) is 11.4. The minimum absolute atomic E-state index is 0.956. The van der Waals surface area contributed by atoms with Crippen LogP contribution in [-0.2, 0) is 13.6 Å². The Morgan fingerprint density at radius 3 is 2.50 bits per heavy atom. The van der Waals surface area contributed by atoms with Crippen LogP contribution in [0.4, 0.5) is 0 Å². The summed E-state index contributed by atoms with van der Waals surface area (Å²) < 4.78 is 3.11. The lowest BCUT2D eigenvalue weighted by Gasteiger charge is -2.20. The zero-order valence-corrected chi connectivity index (χ0v) is 13.3. The quantitative estimate of drug-likeness (QED) is 0.733. The summed E-state index contributed by atoms with van der Waals surface area (Å²) in [6.07, 6.45) is 1.18. The molecule has 0 aliphatic heterocycles. The fraction of sp³-hybridized carbons (Fsp3) is 0.727. The van der Waals surface area contributed by atoms with E-state index >= 15 is 0 Å². The van der Waals surface area contributed by atoms with Crippen LogP contribution < -0.4 is 0 Å². The molecule has 0 saturated heterocycles. The fourth-order valence-corrected chi connectivity index (χ4v) is 2.73. The van der Waals surface area contributed by atoms with Gasteiger partial charge < -0.3 is 0 Å². The number of alkyl halides is 1. The van der Waals surface area contributed by atoms with Crippen molar-refractivity contribution in [2.75, 3.05) is 18.4 Å². The van der Waals surface area contributed by atoms with E-state index in [1.54, 1.807) is 0 Å². The van der Waals surface area contributed by atoms with Crippen LogP contribution in [0.25, 0.3) is 0 Å². The van der Waals surface area contributed by atoms with E-state index in [2.05, 4.69) is 48.8 Å². The summed E-state index contributed by atoms with van der Waals surface area (Å²) >= 11 is 7.11. The van der Waals surface area contributed by atoms with Crippen molar-refractivity contribution in [3.05, 3.63) is 15.9 Å². The van der Waals surface area contributed by atoms with Crippen molar-refractivity contribution in [1.82, 2.24) is 14.7 Å². The molecule has 0 aliphatic rings. The van der Waals surface area contributed by atoms with Gasteiger partial charge in [-0.05, 0) is 35.8 Å². The summed E-state index contributed by atoms with van der Waals surface area (Å²) in [4.78, 5) is 2.44. The third kappa shape index (κ3) is 3.57. The molecule has 0 aromatic carbocycles. The summed E-state index contributed by atoms with van der Waals surface area (Å²) in [6, 6.07) is 0. The smallest absolute Gasteiger partial charge is 0.0739 e. The number of aryl methyl sites for hydroxylation is 2. The van der Waals surface area contributed by atoms with Crippen LogP contribution >= 0.6 is 31.9 Å². The predicted octanol–water partition coefficient (Wildman–Crippen LogP) is 3.10. The number of rotatable bonds is 6. The van der Waals surface area contributed by atoms with Crippen LogP contribution in [0, 0.1) is 6.92 Å². The number of hydrogen-bond acceptors (Lipinski definition) is 2. The molecule has 0 amide bonds. The standard InChI is InChI=1S/C11H19Br2N3/c1-4-6-16(7-5-12)8-10-11(13)9(2)14-15(10)3/h4-8H2,1-3H3. The second-order valence-corrected chi connectivity index (χ2v) is 5.52. The summed E-state index contributed by atoms with van der Waals surface area (Å²) in [7, 11) is 2.01. The van der Waals surface area contributed by atoms with Gasteiger partial charge in [0.2, 0.25) is 0 Å². The van der Waals surface area contributed by atoms with Gasteiger partial charge in [0.1, 0.15) is 0 Å². The van der Waals surface area contributed by atoms with Crippen LogP contribution in [0.15, 0.2) is 4.47 Å². The first-order valence-corrected chi connectivity index (χ1v) is 7.47. The molecule has 0 N–H and O–H groups in total. The van der Waals surface area contributed by atoms with Crippen LogP contribution in [-0.4, -0.2) is 33.1 Å². The highest BCUT2D eigenvalue weighted by molar-refractivity contribution is 9.10. The molecule has 0 bridgehead atoms. The molecule has 0 atom stereocenters. The molecule has 0 radical (unpaired) electrons. The van der Waals surface area contributed by atoms with Gasteiger partial charge in [0.25, 0.3) is 0 Å². The van der Waals surface area contributed by atoms with E-state index in [0.717, 1.165) is 35.1 Å². The van der Waals surface area contributed by atoms with Gasteiger partial charge in [-0.3, -0.25) is 9.58 Å². The Kier molecular flexibility index (Phi) is 6.00. The summed E-state index contributed by atoms with van der Waals surface area (Å²) in [5.74, 6) is 0. The molecule has 0 saturated carbocycles. The predicted molar refractivity (Wildman–Crippen MR) is 75.0 cm³/mol. The van der Waals surface area contributed by atoms with Gasteiger partial charge in [0, 0.05) is 25.5 Å². The second kappa shape index (κ2) is 6.77. The van der Waals surface area contributed by atoms with E-state index in [0.29, 0.717) is 0 Å². The monoisotopic (exact) mass is 351 g/mol. The van der Waals surface area contributed by atoms with E-state index in [1.807, 2.05) is 18.7 Å². The van der Waals surface area contributed by atoms with E-state index in [-0.39, 0.29) is 0 Å². The van der Waals surface area contributed by atoms with Crippen molar-refractivity contribution in [2.45, 2.75) is 26.8 Å². The third-order valence-corrected chi connectivity index (χ3v) is 3.96. The van der Waals surface area contributed by atoms with Crippen molar-refractivity contribution in [2.24, 2.45) is 7.05 Å². The van der Waals surface area contributed by atoms with Crippen LogP contribution in [0.1, 0.15) is 24.7 Å². The Labute approximate surface area is 114 Å². The van der Waals surface area contributed by atoms with Crippen molar-refractivity contribution >= 4 is 31.9 Å². The van der Waals surface area contributed by atoms with Gasteiger partial charge in [-0.25, -0.2) is 0 Å². The maximum Gasteiger partial charge on any atom is 0.0739 e. The van der Waals surface area contributed by atoms with Gasteiger partial charge in [-0.1, -0.05) is 22.9 Å². The van der Waals surface area contributed by atoms with E-state index in [4.69, 9.17) is 0 Å². The summed E-state index contributed by atoms with van der Waals surface area (Å²) in [6.45, 7) is 7.40. The van der Waals surface area contributed by atoms with Gasteiger partial charge >= 0.3 is 0 Å². The Morgan fingerprint density at radius 1 is 1.38 bits per heavy atom. The Balaban J connectivity index is 2.76. The van der Waals surface area contributed by atoms with Crippen molar-refractivity contribution < 1.29 is 0 Å². The van der Waals surface area contributed by atoms with Crippen LogP contribution in [0.5, 0.6) is 0 Å². The molecule has 92 valence electrons. The van der Waals surface area contributed by atoms with Crippen LogP contribution in [0.2, 0.25) is 0 Å². The molecule has 0 aliphatic carbocycles. The van der Waals surface area contributed by atoms with Gasteiger partial charge in [-0.15, -0.1) is 0 Å². The zero-order valence-electron chi connectivity index (χ0n) is 10.1. The lowest BCUT2D eigenvalue weighted by Crippen LogP contribution is -2.27. The van der Waals surface area contributed by atoms with E-state index in [9.17, 15) is 0 Å². The number of nitrogens with zero attached hydrogens (tertiary/aromatic N) is 3. The highest BCUT2D eigenvalue weighted by atomic mass is 79.9. The lowest BCUT2D eigenvalue weighted by atomic mass is 10.3. The molecule has 0 spiro atoms. The minimum atomic E-state index is 0.956. The third-order valence-electron chi connectivity index (χ3n) is 2.58. The first-order chi connectivity index (χ1) is 7.60. The lowest BCUT2D eigenvalue weighted by molar-refractivity contribution is 0.275. The first kappa shape index (κ1) is 14.2. The highest BCUT2D eigenvalue weighted by Gasteiger charge is 2.13. The highest BCUT2D eigenvalue weighted by Crippen LogP contribution is 2.21. The average molecular weight is 353 g/mol. The molecule has 1 rings (SSSR count). The molecule has 1 heterocycles. The molecule has 16 heavy (non-hydrogen) atoms. The second-order valence-electron chi connectivity index (χ2n) is 3.93. The molecule has 0 unspecified atom stereocenters. The molecular weight excluding hydrogens is 334 g/mol. The van der Waals surface area contributed by atoms with E-state index < -0.39 is 0 Å². The molecule has 0 fully saturated rings. The zero-order chi connectivity index (χ0) is 12.1. The number of aromatic nitrogens is 2. The summed E-state index contributed by atoms with van der Waals surface area (Å²) in [5, 5.41) is 5.43. The van der Waals surface area contributed by atoms with Gasteiger partial charge in [0.05, 0.1) is 15.9 Å². The van der Waals surface area contributed by atoms with Gasteiger partial charge in [0.15, 0.2) is 0 Å². The van der Waals surface area contributed by atoms with Crippen molar-refractivity contribution in [3.63, 3.8) is 0 Å². The van der Waals surface area contributed by atoms with Gasteiger partial charge in [-0.2, -0.15) is 5.10 Å². The molecular formula is C11H19Br2N3. The molecule has 3 nitrogen and oxygen atoms in total. The Morgan fingerprint density at radius 2 is 2.06 bits per heavy atom. The Hall–Kier alpha value is 0.130. The molecule has 5 heteroatoms. The minimum Gasteiger partial charge on any atom is -0.297 e. The number of hydrogen-bond donors (Lipinski definition) is 0. The largest absolute Gasteiger partial charge is 0.297 e. The molecule has 1 aromatic heterocycles. The van der Waals surface area contributed by atoms with E-state index in [1.165, 1.54) is 12.1 Å². The SMILES string of the molecule is CCCN(CCBr)Cc1c(Br)c(C)nn1C. The topological polar surface area (TPSA) is 21.1 Å². The number of halogens is 2. The average Bonchev–Trinajstić information content (AvgIpc) is 2.46. The van der Waals surface area contributed by atoms with Crippen LogP contribution in [0.3, 0.4) is 0 Å². The Bertz CT molecular complexity index is 330. The molecule has 1 aromatic rings.